The SMILES string of the molecule is O=CN(C1CC1)C(C(=O)O)c1ccc(Br)c(Cl)c1. The van der Waals surface area contributed by atoms with Crippen LogP contribution in [0.5, 0.6) is 0 Å². The summed E-state index contributed by atoms with van der Waals surface area (Å²) < 4.78 is 0.695. The Morgan fingerprint density at radius 3 is 2.67 bits per heavy atom. The van der Waals surface area contributed by atoms with Crippen LogP contribution in [-0.2, 0) is 9.59 Å². The largest absolute Gasteiger partial charge is 0.479 e. The number of aliphatic carboxylic acids is 1. The lowest BCUT2D eigenvalue weighted by atomic mass is 10.1. The summed E-state index contributed by atoms with van der Waals surface area (Å²) in [4.78, 5) is 23.8. The van der Waals surface area contributed by atoms with Gasteiger partial charge in [0.05, 0.1) is 5.02 Å². The minimum Gasteiger partial charge on any atom is -0.479 e. The Kier molecular flexibility index (Phi) is 3.92. The molecule has 1 aliphatic rings. The van der Waals surface area contributed by atoms with Crippen molar-refractivity contribution in [2.45, 2.75) is 24.9 Å². The molecule has 18 heavy (non-hydrogen) atoms. The number of hydrogen-bond donors (Lipinski definition) is 1. The average molecular weight is 333 g/mol. The number of nitrogens with zero attached hydrogens (tertiary/aromatic N) is 1. The number of carbonyl (C=O) groups is 2. The van der Waals surface area contributed by atoms with Gasteiger partial charge in [0.2, 0.25) is 6.41 Å². The molecule has 0 spiro atoms. The normalized spacial score (nSPS) is 16.1. The summed E-state index contributed by atoms with van der Waals surface area (Å²) in [5, 5.41) is 9.74. The summed E-state index contributed by atoms with van der Waals surface area (Å²) in [6, 6.07) is 3.98. The smallest absolute Gasteiger partial charge is 0.331 e. The van der Waals surface area contributed by atoms with E-state index in [9.17, 15) is 14.7 Å². The molecular formula is C12H11BrClNO3. The Morgan fingerprint density at radius 2 is 2.22 bits per heavy atom. The highest BCUT2D eigenvalue weighted by Gasteiger charge is 2.37. The molecular weight excluding hydrogens is 321 g/mol. The molecule has 0 aliphatic heterocycles. The Morgan fingerprint density at radius 1 is 1.56 bits per heavy atom. The Bertz CT molecular complexity index is 490. The van der Waals surface area contributed by atoms with Crippen LogP contribution >= 0.6 is 27.5 Å². The molecule has 1 fully saturated rings. The van der Waals surface area contributed by atoms with E-state index in [2.05, 4.69) is 15.9 Å². The van der Waals surface area contributed by atoms with Gasteiger partial charge in [0.25, 0.3) is 0 Å². The van der Waals surface area contributed by atoms with Gasteiger partial charge in [-0.2, -0.15) is 0 Å². The molecule has 6 heteroatoms. The van der Waals surface area contributed by atoms with Crippen molar-refractivity contribution in [2.24, 2.45) is 0 Å². The van der Waals surface area contributed by atoms with Gasteiger partial charge in [-0.1, -0.05) is 17.7 Å². The number of halogens is 2. The van der Waals surface area contributed by atoms with Crippen LogP contribution in [0.2, 0.25) is 5.02 Å². The van der Waals surface area contributed by atoms with E-state index < -0.39 is 12.0 Å². The Balaban J connectivity index is 2.36. The molecule has 1 aromatic carbocycles. The number of carboxylic acid groups (broad SMARTS) is 1. The van der Waals surface area contributed by atoms with Crippen LogP contribution in [0.15, 0.2) is 22.7 Å². The minimum atomic E-state index is -1.05. The Labute approximate surface area is 118 Å². The van der Waals surface area contributed by atoms with Gasteiger partial charge < -0.3 is 10.0 Å². The molecule has 1 saturated carbocycles. The van der Waals surface area contributed by atoms with E-state index in [1.165, 1.54) is 4.90 Å². The maximum atomic E-state index is 11.4. The molecule has 1 N–H and O–H groups in total. The van der Waals surface area contributed by atoms with Crippen LogP contribution in [-0.4, -0.2) is 28.4 Å². The summed E-state index contributed by atoms with van der Waals surface area (Å²) in [5.74, 6) is -1.05. The molecule has 0 heterocycles. The first kappa shape index (κ1) is 13.4. The number of hydrogen-bond acceptors (Lipinski definition) is 2. The zero-order valence-corrected chi connectivity index (χ0v) is 11.7. The molecule has 2 rings (SSSR count). The third-order valence-electron chi connectivity index (χ3n) is 2.88. The number of carbonyl (C=O) groups excluding carboxylic acids is 1. The molecule has 4 nitrogen and oxygen atoms in total. The van der Waals surface area contributed by atoms with Crippen molar-refractivity contribution in [3.8, 4) is 0 Å². The van der Waals surface area contributed by atoms with Crippen LogP contribution in [0.25, 0.3) is 0 Å². The molecule has 1 unspecified atom stereocenters. The highest BCUT2D eigenvalue weighted by Crippen LogP contribution is 2.35. The van der Waals surface area contributed by atoms with Gasteiger partial charge in [-0.25, -0.2) is 4.79 Å². The first-order valence-electron chi connectivity index (χ1n) is 5.45. The van der Waals surface area contributed by atoms with E-state index in [0.717, 1.165) is 12.8 Å². The van der Waals surface area contributed by atoms with Gasteiger partial charge >= 0.3 is 5.97 Å². The van der Waals surface area contributed by atoms with Gasteiger partial charge in [-0.05, 0) is 46.5 Å². The third-order valence-corrected chi connectivity index (χ3v) is 4.11. The zero-order chi connectivity index (χ0) is 13.3. The van der Waals surface area contributed by atoms with Crippen LogP contribution in [0.3, 0.4) is 0 Å². The second-order valence-corrected chi connectivity index (χ2v) is 5.46. The summed E-state index contributed by atoms with van der Waals surface area (Å²) in [5.41, 5.74) is 0.509. The van der Waals surface area contributed by atoms with Gasteiger partial charge in [0, 0.05) is 10.5 Å². The number of carboxylic acids is 1. The molecule has 0 bridgehead atoms. The standard InChI is InChI=1S/C12H11BrClNO3/c13-9-4-1-7(5-10(9)14)11(12(17)18)15(6-16)8-2-3-8/h1,4-6,8,11H,2-3H2,(H,17,18). The summed E-state index contributed by atoms with van der Waals surface area (Å²) in [7, 11) is 0. The van der Waals surface area contributed by atoms with E-state index in [1.54, 1.807) is 18.2 Å². The van der Waals surface area contributed by atoms with Crippen LogP contribution in [0, 0.1) is 0 Å². The topological polar surface area (TPSA) is 57.6 Å². The molecule has 0 aromatic heterocycles. The first-order valence-corrected chi connectivity index (χ1v) is 6.62. The number of rotatable bonds is 5. The van der Waals surface area contributed by atoms with E-state index in [0.29, 0.717) is 21.5 Å². The second-order valence-electron chi connectivity index (χ2n) is 4.20. The van der Waals surface area contributed by atoms with Gasteiger partial charge in [0.15, 0.2) is 6.04 Å². The summed E-state index contributed by atoms with van der Waals surface area (Å²) in [6.07, 6.45) is 2.31. The zero-order valence-electron chi connectivity index (χ0n) is 9.35. The van der Waals surface area contributed by atoms with E-state index in [-0.39, 0.29) is 6.04 Å². The molecule has 1 aromatic rings. The maximum absolute atomic E-state index is 11.4. The predicted molar refractivity (Wildman–Crippen MR) is 70.5 cm³/mol. The fourth-order valence-corrected chi connectivity index (χ4v) is 2.29. The minimum absolute atomic E-state index is 0.0334. The lowest BCUT2D eigenvalue weighted by molar-refractivity contribution is -0.147. The van der Waals surface area contributed by atoms with E-state index >= 15 is 0 Å². The van der Waals surface area contributed by atoms with Crippen molar-refractivity contribution in [1.82, 2.24) is 4.90 Å². The van der Waals surface area contributed by atoms with Gasteiger partial charge in [-0.3, -0.25) is 4.79 Å². The van der Waals surface area contributed by atoms with Crippen LogP contribution in [0.1, 0.15) is 24.4 Å². The highest BCUT2D eigenvalue weighted by atomic mass is 79.9. The van der Waals surface area contributed by atoms with Crippen LogP contribution in [0.4, 0.5) is 0 Å². The van der Waals surface area contributed by atoms with Crippen molar-refractivity contribution < 1.29 is 14.7 Å². The summed E-state index contributed by atoms with van der Waals surface area (Å²) >= 11 is 9.21. The predicted octanol–water partition coefficient (Wildman–Crippen LogP) is 2.85. The van der Waals surface area contributed by atoms with Crippen molar-refractivity contribution in [1.29, 1.82) is 0 Å². The van der Waals surface area contributed by atoms with E-state index in [4.69, 9.17) is 11.6 Å². The summed E-state index contributed by atoms with van der Waals surface area (Å²) in [6.45, 7) is 0. The highest BCUT2D eigenvalue weighted by molar-refractivity contribution is 9.10. The monoisotopic (exact) mass is 331 g/mol. The van der Waals surface area contributed by atoms with E-state index in [1.807, 2.05) is 0 Å². The Hall–Kier alpha value is -1.07. The molecule has 96 valence electrons. The average Bonchev–Trinajstić information content (AvgIpc) is 3.13. The molecule has 1 atom stereocenters. The van der Waals surface area contributed by atoms with Gasteiger partial charge in [-0.15, -0.1) is 0 Å². The van der Waals surface area contributed by atoms with Crippen LogP contribution < -0.4 is 0 Å². The molecule has 0 saturated heterocycles. The molecule has 0 radical (unpaired) electrons. The number of benzene rings is 1. The fraction of sp³-hybridized carbons (Fsp3) is 0.333. The lowest BCUT2D eigenvalue weighted by Gasteiger charge is -2.25. The van der Waals surface area contributed by atoms with Crippen molar-refractivity contribution in [3.63, 3.8) is 0 Å². The molecule has 1 amide bonds. The van der Waals surface area contributed by atoms with Crippen molar-refractivity contribution in [3.05, 3.63) is 33.3 Å². The molecule has 1 aliphatic carbocycles. The van der Waals surface area contributed by atoms with Gasteiger partial charge in [0.1, 0.15) is 0 Å². The maximum Gasteiger partial charge on any atom is 0.331 e. The number of amides is 1. The van der Waals surface area contributed by atoms with Crippen molar-refractivity contribution in [2.75, 3.05) is 0 Å². The lowest BCUT2D eigenvalue weighted by Crippen LogP contribution is -2.34. The fourth-order valence-electron chi connectivity index (χ4n) is 1.86. The first-order chi connectivity index (χ1) is 8.54. The quantitative estimate of drug-likeness (QED) is 0.844. The second kappa shape index (κ2) is 5.28. The van der Waals surface area contributed by atoms with Crippen molar-refractivity contribution >= 4 is 39.9 Å². The third kappa shape index (κ3) is 2.67.